The molecule has 0 atom stereocenters. The monoisotopic (exact) mass is 355 g/mol. The Morgan fingerprint density at radius 2 is 2.06 bits per heavy atom. The van der Waals surface area contributed by atoms with E-state index in [0.717, 1.165) is 45.1 Å². The van der Waals surface area contributed by atoms with Gasteiger partial charge in [0.1, 0.15) is 0 Å². The van der Waals surface area contributed by atoms with Gasteiger partial charge in [0.2, 0.25) is 0 Å². The van der Waals surface area contributed by atoms with Gasteiger partial charge in [-0.15, -0.1) is 24.0 Å². The molecule has 1 aliphatic carbocycles. The Morgan fingerprint density at radius 1 is 1.29 bits per heavy atom. The summed E-state index contributed by atoms with van der Waals surface area (Å²) in [7, 11) is 0. The Labute approximate surface area is 122 Å². The summed E-state index contributed by atoms with van der Waals surface area (Å²) < 4.78 is 5.28. The minimum absolute atomic E-state index is 0. The van der Waals surface area contributed by atoms with Crippen LogP contribution in [-0.4, -0.2) is 38.3 Å². The summed E-state index contributed by atoms with van der Waals surface area (Å²) in [6.45, 7) is 7.61. The van der Waals surface area contributed by atoms with Gasteiger partial charge in [-0.2, -0.15) is 0 Å². The first-order valence-electron chi connectivity index (χ1n) is 6.49. The third-order valence-electron chi connectivity index (χ3n) is 2.43. The van der Waals surface area contributed by atoms with E-state index in [1.54, 1.807) is 0 Å². The number of rotatable bonds is 8. The van der Waals surface area contributed by atoms with Gasteiger partial charge in [0.05, 0.1) is 0 Å². The lowest BCUT2D eigenvalue weighted by molar-refractivity contribution is 0.144. The molecule has 0 amide bonds. The van der Waals surface area contributed by atoms with E-state index in [0.29, 0.717) is 6.04 Å². The normalized spacial score (nSPS) is 15.3. The molecule has 0 aromatic rings. The van der Waals surface area contributed by atoms with E-state index in [-0.39, 0.29) is 24.0 Å². The maximum atomic E-state index is 5.28. The highest BCUT2D eigenvalue weighted by Crippen LogP contribution is 2.18. The minimum Gasteiger partial charge on any atom is -0.382 e. The molecule has 1 aliphatic rings. The summed E-state index contributed by atoms with van der Waals surface area (Å²) in [5.41, 5.74) is 0. The molecule has 0 unspecified atom stereocenters. The Balaban J connectivity index is 0.00000256. The first kappa shape index (κ1) is 17.0. The van der Waals surface area contributed by atoms with Crippen molar-refractivity contribution in [1.82, 2.24) is 10.6 Å². The van der Waals surface area contributed by atoms with Crippen molar-refractivity contribution in [2.45, 2.75) is 45.6 Å². The lowest BCUT2D eigenvalue weighted by atomic mass is 10.3. The highest BCUT2D eigenvalue weighted by atomic mass is 127. The van der Waals surface area contributed by atoms with Crippen molar-refractivity contribution in [3.63, 3.8) is 0 Å². The zero-order valence-corrected chi connectivity index (χ0v) is 13.3. The summed E-state index contributed by atoms with van der Waals surface area (Å²) in [4.78, 5) is 4.53. The highest BCUT2D eigenvalue weighted by molar-refractivity contribution is 14.0. The second-order valence-electron chi connectivity index (χ2n) is 4.08. The van der Waals surface area contributed by atoms with E-state index in [1.165, 1.54) is 12.8 Å². The average Bonchev–Trinajstić information content (AvgIpc) is 3.07. The van der Waals surface area contributed by atoms with Crippen molar-refractivity contribution >= 4 is 29.9 Å². The molecule has 4 nitrogen and oxygen atoms in total. The minimum atomic E-state index is 0. The Bertz CT molecular complexity index is 208. The van der Waals surface area contributed by atoms with Crippen LogP contribution in [0.15, 0.2) is 4.99 Å². The fourth-order valence-electron chi connectivity index (χ4n) is 1.39. The summed E-state index contributed by atoms with van der Waals surface area (Å²) in [6.07, 6.45) is 4.77. The molecule has 2 N–H and O–H groups in total. The summed E-state index contributed by atoms with van der Waals surface area (Å²) >= 11 is 0. The molecule has 0 aromatic carbocycles. The van der Waals surface area contributed by atoms with Crippen molar-refractivity contribution in [2.75, 3.05) is 26.3 Å². The fraction of sp³-hybridized carbons (Fsp3) is 0.917. The Morgan fingerprint density at radius 3 is 2.65 bits per heavy atom. The summed E-state index contributed by atoms with van der Waals surface area (Å²) in [5, 5.41) is 6.67. The first-order chi connectivity index (χ1) is 7.86. The van der Waals surface area contributed by atoms with Crippen molar-refractivity contribution in [2.24, 2.45) is 4.99 Å². The molecular weight excluding hydrogens is 329 g/mol. The van der Waals surface area contributed by atoms with Crippen LogP contribution in [0.5, 0.6) is 0 Å². The van der Waals surface area contributed by atoms with Crippen LogP contribution in [0.2, 0.25) is 0 Å². The number of aliphatic imine (C=N–C) groups is 1. The van der Waals surface area contributed by atoms with Crippen LogP contribution in [0, 0.1) is 0 Å². The maximum Gasteiger partial charge on any atom is 0.191 e. The van der Waals surface area contributed by atoms with Gasteiger partial charge in [-0.3, -0.25) is 4.99 Å². The topological polar surface area (TPSA) is 45.7 Å². The molecule has 1 saturated carbocycles. The van der Waals surface area contributed by atoms with Crippen LogP contribution in [0.1, 0.15) is 39.5 Å². The van der Waals surface area contributed by atoms with Crippen molar-refractivity contribution in [3.8, 4) is 0 Å². The van der Waals surface area contributed by atoms with Gasteiger partial charge in [-0.25, -0.2) is 0 Å². The van der Waals surface area contributed by atoms with Gasteiger partial charge in [0, 0.05) is 32.3 Å². The third-order valence-corrected chi connectivity index (χ3v) is 2.43. The number of nitrogens with zero attached hydrogens (tertiary/aromatic N) is 1. The number of nitrogens with one attached hydrogen (secondary N) is 2. The molecule has 1 fully saturated rings. The number of hydrogen-bond donors (Lipinski definition) is 2. The predicted octanol–water partition coefficient (Wildman–Crippen LogP) is 2.14. The summed E-state index contributed by atoms with van der Waals surface area (Å²) in [5.74, 6) is 0.974. The van der Waals surface area contributed by atoms with E-state index < -0.39 is 0 Å². The van der Waals surface area contributed by atoms with Crippen molar-refractivity contribution in [3.05, 3.63) is 0 Å². The van der Waals surface area contributed by atoms with Gasteiger partial charge in [-0.1, -0.05) is 0 Å². The number of guanidine groups is 1. The van der Waals surface area contributed by atoms with Gasteiger partial charge < -0.3 is 15.4 Å². The zero-order valence-electron chi connectivity index (χ0n) is 11.0. The van der Waals surface area contributed by atoms with E-state index in [1.807, 2.05) is 6.92 Å². The van der Waals surface area contributed by atoms with E-state index >= 15 is 0 Å². The largest absolute Gasteiger partial charge is 0.382 e. The first-order valence-corrected chi connectivity index (χ1v) is 6.49. The SMILES string of the molecule is CCNC(=NCCCCOCC)NC1CC1.I. The molecule has 0 aromatic heterocycles. The van der Waals surface area contributed by atoms with Crippen LogP contribution >= 0.6 is 24.0 Å². The van der Waals surface area contributed by atoms with Gasteiger partial charge >= 0.3 is 0 Å². The molecule has 5 heteroatoms. The van der Waals surface area contributed by atoms with Crippen LogP contribution < -0.4 is 10.6 Å². The molecule has 0 heterocycles. The quantitative estimate of drug-likeness (QED) is 0.304. The summed E-state index contributed by atoms with van der Waals surface area (Å²) in [6, 6.07) is 0.668. The Kier molecular flexibility index (Phi) is 11.0. The van der Waals surface area contributed by atoms with Crippen LogP contribution in [0.4, 0.5) is 0 Å². The lowest BCUT2D eigenvalue weighted by Gasteiger charge is -2.09. The van der Waals surface area contributed by atoms with Crippen molar-refractivity contribution in [1.29, 1.82) is 0 Å². The van der Waals surface area contributed by atoms with E-state index in [2.05, 4.69) is 22.5 Å². The molecule has 102 valence electrons. The molecule has 0 spiro atoms. The van der Waals surface area contributed by atoms with Gasteiger partial charge in [0.25, 0.3) is 0 Å². The molecule has 0 radical (unpaired) electrons. The molecule has 0 aliphatic heterocycles. The van der Waals surface area contributed by atoms with Gasteiger partial charge in [-0.05, 0) is 39.5 Å². The standard InChI is InChI=1S/C12H25N3O.HI/c1-3-13-12(15-11-7-8-11)14-9-5-6-10-16-4-2;/h11H,3-10H2,1-2H3,(H2,13,14,15);1H. The predicted molar refractivity (Wildman–Crippen MR) is 83.3 cm³/mol. The molecule has 17 heavy (non-hydrogen) atoms. The van der Waals surface area contributed by atoms with Gasteiger partial charge in [0.15, 0.2) is 5.96 Å². The lowest BCUT2D eigenvalue weighted by Crippen LogP contribution is -2.38. The second-order valence-corrected chi connectivity index (χ2v) is 4.08. The van der Waals surface area contributed by atoms with Crippen LogP contribution in [0.25, 0.3) is 0 Å². The Hall–Kier alpha value is -0.0400. The van der Waals surface area contributed by atoms with Crippen LogP contribution in [-0.2, 0) is 4.74 Å². The highest BCUT2D eigenvalue weighted by Gasteiger charge is 2.21. The molecule has 1 rings (SSSR count). The molecule has 0 saturated heterocycles. The number of ether oxygens (including phenoxy) is 1. The fourth-order valence-corrected chi connectivity index (χ4v) is 1.39. The third kappa shape index (κ3) is 9.64. The molecular formula is C12H26IN3O. The number of halogens is 1. The number of unbranched alkanes of at least 4 members (excludes halogenated alkanes) is 1. The van der Waals surface area contributed by atoms with E-state index in [4.69, 9.17) is 4.74 Å². The maximum absolute atomic E-state index is 5.28. The van der Waals surface area contributed by atoms with E-state index in [9.17, 15) is 0 Å². The van der Waals surface area contributed by atoms with Crippen molar-refractivity contribution < 1.29 is 4.74 Å². The average molecular weight is 355 g/mol. The van der Waals surface area contributed by atoms with Crippen LogP contribution in [0.3, 0.4) is 0 Å². The molecule has 0 bridgehead atoms. The zero-order chi connectivity index (χ0) is 11.6. The second kappa shape index (κ2) is 11.1. The number of hydrogen-bond acceptors (Lipinski definition) is 2. The smallest absolute Gasteiger partial charge is 0.191 e.